The minimum atomic E-state index is -1.66. The van der Waals surface area contributed by atoms with Gasteiger partial charge in [-0.2, -0.15) is 0 Å². The molecule has 0 saturated carbocycles. The van der Waals surface area contributed by atoms with Crippen LogP contribution in [0.3, 0.4) is 0 Å². The lowest BCUT2D eigenvalue weighted by molar-refractivity contribution is 0.309. The number of oxime groups is 1. The van der Waals surface area contributed by atoms with Gasteiger partial charge in [0.1, 0.15) is 3.72 Å². The van der Waals surface area contributed by atoms with Crippen LogP contribution in [0.5, 0.6) is 0 Å². The van der Waals surface area contributed by atoms with Gasteiger partial charge in [-0.25, -0.2) is 0 Å². The summed E-state index contributed by atoms with van der Waals surface area (Å²) in [5.74, 6) is 0. The van der Waals surface area contributed by atoms with Crippen molar-refractivity contribution in [2.75, 3.05) is 0 Å². The van der Waals surface area contributed by atoms with Gasteiger partial charge in [0.25, 0.3) is 8.32 Å². The van der Waals surface area contributed by atoms with Crippen LogP contribution in [0.15, 0.2) is 5.16 Å². The maximum absolute atomic E-state index is 5.57. The maximum Gasteiger partial charge on any atom is 0.286 e. The molecule has 4 heteroatoms. The maximum atomic E-state index is 5.57. The van der Waals surface area contributed by atoms with Crippen molar-refractivity contribution in [3.05, 3.63) is 0 Å². The van der Waals surface area contributed by atoms with E-state index in [1.54, 1.807) is 0 Å². The summed E-state index contributed by atoms with van der Waals surface area (Å²) in [6.45, 7) is 12.9. The van der Waals surface area contributed by atoms with Crippen molar-refractivity contribution in [3.8, 4) is 0 Å². The second-order valence-electron chi connectivity index (χ2n) is 4.44. The molecule has 0 unspecified atom stereocenters. The molecule has 12 heavy (non-hydrogen) atoms. The first-order valence-corrected chi connectivity index (χ1v) is 8.04. The minimum absolute atomic E-state index is 0.239. The molecule has 0 amide bonds. The van der Waals surface area contributed by atoms with E-state index in [0.29, 0.717) is 0 Å². The van der Waals surface area contributed by atoms with Gasteiger partial charge >= 0.3 is 0 Å². The molecule has 0 radical (unpaired) electrons. The molecule has 72 valence electrons. The van der Waals surface area contributed by atoms with Gasteiger partial charge in [0.2, 0.25) is 0 Å². The summed E-state index contributed by atoms with van der Waals surface area (Å²) in [5, 5.41) is 4.27. The van der Waals surface area contributed by atoms with E-state index in [-0.39, 0.29) is 5.04 Å². The third-order valence-electron chi connectivity index (χ3n) is 2.21. The van der Waals surface area contributed by atoms with Crippen LogP contribution in [0.25, 0.3) is 0 Å². The van der Waals surface area contributed by atoms with E-state index in [4.69, 9.17) is 4.53 Å². The second-order valence-corrected chi connectivity index (χ2v) is 10.7. The molecule has 0 aliphatic rings. The highest BCUT2D eigenvalue weighted by Crippen LogP contribution is 2.36. The van der Waals surface area contributed by atoms with Crippen LogP contribution in [0.2, 0.25) is 18.1 Å². The smallest absolute Gasteiger partial charge is 0.286 e. The lowest BCUT2D eigenvalue weighted by atomic mass is 10.2. The molecule has 0 aliphatic heterocycles. The average Bonchev–Trinajstić information content (AvgIpc) is 1.81. The van der Waals surface area contributed by atoms with Gasteiger partial charge in [0, 0.05) is 0 Å². The van der Waals surface area contributed by atoms with Crippen LogP contribution in [-0.2, 0) is 4.53 Å². The highest BCUT2D eigenvalue weighted by atomic mass is 127. The SMILES string of the molecule is CC(I)=NO[Si](C)(C)C(C)(C)C. The highest BCUT2D eigenvalue weighted by molar-refractivity contribution is 14.1. The third-order valence-corrected chi connectivity index (χ3v) is 6.56. The molecule has 2 nitrogen and oxygen atoms in total. The van der Waals surface area contributed by atoms with Gasteiger partial charge in [-0.15, -0.1) is 5.16 Å². The summed E-state index contributed by atoms with van der Waals surface area (Å²) in [6.07, 6.45) is 0. The number of hydrogen-bond donors (Lipinski definition) is 0. The van der Waals surface area contributed by atoms with Gasteiger partial charge < -0.3 is 4.53 Å². The molecule has 0 aromatic rings. The normalized spacial score (nSPS) is 14.8. The Morgan fingerprint density at radius 3 is 2.00 bits per heavy atom. The van der Waals surface area contributed by atoms with Crippen LogP contribution in [0.1, 0.15) is 27.7 Å². The molecule has 0 bridgehead atoms. The van der Waals surface area contributed by atoms with Crippen LogP contribution in [0.4, 0.5) is 0 Å². The Balaban J connectivity index is 4.34. The van der Waals surface area contributed by atoms with Crippen molar-refractivity contribution in [1.29, 1.82) is 0 Å². The molecular formula is C8H18INOSi. The second kappa shape index (κ2) is 4.08. The van der Waals surface area contributed by atoms with Crippen molar-refractivity contribution in [1.82, 2.24) is 0 Å². The molecule has 0 fully saturated rings. The quantitative estimate of drug-likeness (QED) is 0.329. The van der Waals surface area contributed by atoms with Crippen molar-refractivity contribution >= 4 is 34.6 Å². The van der Waals surface area contributed by atoms with E-state index in [1.165, 1.54) is 0 Å². The number of rotatable bonds is 2. The van der Waals surface area contributed by atoms with Gasteiger partial charge in [0.05, 0.1) is 0 Å². The molecule has 0 aromatic heterocycles. The summed E-state index contributed by atoms with van der Waals surface area (Å²) in [4.78, 5) is 0. The summed E-state index contributed by atoms with van der Waals surface area (Å²) in [7, 11) is -1.66. The summed E-state index contributed by atoms with van der Waals surface area (Å²) in [5.41, 5.74) is 0. The molecule has 0 aliphatic carbocycles. The lowest BCUT2D eigenvalue weighted by Gasteiger charge is -2.33. The molecule has 0 N–H and O–H groups in total. The average molecular weight is 299 g/mol. The van der Waals surface area contributed by atoms with Crippen molar-refractivity contribution in [3.63, 3.8) is 0 Å². The Bertz CT molecular complexity index is 180. The van der Waals surface area contributed by atoms with E-state index >= 15 is 0 Å². The van der Waals surface area contributed by atoms with Crippen molar-refractivity contribution < 1.29 is 4.53 Å². The molecule has 0 atom stereocenters. The Labute approximate surface area is 90.0 Å². The van der Waals surface area contributed by atoms with E-state index in [0.717, 1.165) is 3.72 Å². The van der Waals surface area contributed by atoms with Crippen LogP contribution >= 0.6 is 22.6 Å². The zero-order valence-electron chi connectivity index (χ0n) is 8.73. The first-order chi connectivity index (χ1) is 5.17. The molecule has 0 saturated heterocycles. The Hall–Kier alpha value is 0.417. The van der Waals surface area contributed by atoms with Gasteiger partial charge in [0.15, 0.2) is 0 Å². The first-order valence-electron chi connectivity index (χ1n) is 4.05. The van der Waals surface area contributed by atoms with E-state index in [1.807, 2.05) is 6.92 Å². The topological polar surface area (TPSA) is 21.6 Å². The molecule has 0 rings (SSSR count). The first kappa shape index (κ1) is 12.4. The molecular weight excluding hydrogens is 281 g/mol. The monoisotopic (exact) mass is 299 g/mol. The predicted molar refractivity (Wildman–Crippen MR) is 65.4 cm³/mol. The molecule has 0 spiro atoms. The van der Waals surface area contributed by atoms with Crippen LogP contribution in [-0.4, -0.2) is 12.0 Å². The third kappa shape index (κ3) is 3.89. The fourth-order valence-electron chi connectivity index (χ4n) is 0.314. The summed E-state index contributed by atoms with van der Waals surface area (Å²) >= 11 is 2.16. The zero-order chi connectivity index (χ0) is 9.99. The molecule has 0 aromatic carbocycles. The van der Waals surface area contributed by atoms with Gasteiger partial charge in [-0.1, -0.05) is 20.8 Å². The number of hydrogen-bond acceptors (Lipinski definition) is 2. The van der Waals surface area contributed by atoms with Crippen LogP contribution in [0, 0.1) is 0 Å². The number of nitrogens with zero attached hydrogens (tertiary/aromatic N) is 1. The Morgan fingerprint density at radius 1 is 1.33 bits per heavy atom. The van der Waals surface area contributed by atoms with Crippen molar-refractivity contribution in [2.24, 2.45) is 5.16 Å². The van der Waals surface area contributed by atoms with Gasteiger partial charge in [-0.05, 0) is 47.6 Å². The Kier molecular flexibility index (Phi) is 4.23. The fourth-order valence-corrected chi connectivity index (χ4v) is 1.24. The van der Waals surface area contributed by atoms with Crippen LogP contribution < -0.4 is 0 Å². The fraction of sp³-hybridized carbons (Fsp3) is 0.875. The van der Waals surface area contributed by atoms with E-state index in [9.17, 15) is 0 Å². The Morgan fingerprint density at radius 2 is 1.75 bits per heavy atom. The van der Waals surface area contributed by atoms with Gasteiger partial charge in [-0.3, -0.25) is 0 Å². The zero-order valence-corrected chi connectivity index (χ0v) is 11.9. The molecule has 0 heterocycles. The summed E-state index contributed by atoms with van der Waals surface area (Å²) in [6, 6.07) is 0. The lowest BCUT2D eigenvalue weighted by Crippen LogP contribution is -2.39. The van der Waals surface area contributed by atoms with Crippen molar-refractivity contribution in [2.45, 2.75) is 45.8 Å². The standard InChI is InChI=1S/C8H18INOSi/c1-7(9)10-11-12(5,6)8(2,3)4/h1-6H3. The largest absolute Gasteiger partial charge is 0.454 e. The highest BCUT2D eigenvalue weighted by Gasteiger charge is 2.39. The minimum Gasteiger partial charge on any atom is -0.454 e. The summed E-state index contributed by atoms with van der Waals surface area (Å²) < 4.78 is 6.53. The number of halogens is 1. The van der Waals surface area contributed by atoms with E-state index < -0.39 is 8.32 Å². The predicted octanol–water partition coefficient (Wildman–Crippen LogP) is 3.78. The van der Waals surface area contributed by atoms with E-state index in [2.05, 4.69) is 61.6 Å².